The summed E-state index contributed by atoms with van der Waals surface area (Å²) in [6, 6.07) is 7.81. The van der Waals surface area contributed by atoms with E-state index in [0.29, 0.717) is 19.6 Å². The number of rotatable bonds is 7. The lowest BCUT2D eigenvalue weighted by Crippen LogP contribution is -2.36. The predicted octanol–water partition coefficient (Wildman–Crippen LogP) is 1.17. The summed E-state index contributed by atoms with van der Waals surface area (Å²) in [5, 5.41) is 20.0. The Bertz CT molecular complexity index is 758. The maximum atomic E-state index is 13.1. The molecule has 26 heavy (non-hydrogen) atoms. The minimum Gasteiger partial charge on any atom is -0.396 e. The molecule has 2 heterocycles. The molecule has 6 nitrogen and oxygen atoms in total. The zero-order chi connectivity index (χ0) is 18.7. The SMILES string of the molecule is CCN(CCO)CC1CN(C(=O)c2cccc3c2ccn3C)CC1CO. The Morgan fingerprint density at radius 2 is 2.00 bits per heavy atom. The minimum absolute atomic E-state index is 0.0351. The van der Waals surface area contributed by atoms with Crippen LogP contribution in [0.3, 0.4) is 0 Å². The number of aliphatic hydroxyl groups is 2. The lowest BCUT2D eigenvalue weighted by Gasteiger charge is -2.25. The van der Waals surface area contributed by atoms with E-state index in [0.717, 1.165) is 29.6 Å². The monoisotopic (exact) mass is 359 g/mol. The number of aromatic nitrogens is 1. The standard InChI is InChI=1S/C20H29N3O3/c1-3-22(9-10-24)11-15-12-23(13-16(15)14-25)20(26)18-5-4-6-19-17(18)7-8-21(19)2/h4-8,15-16,24-25H,3,9-14H2,1-2H3. The zero-order valence-electron chi connectivity index (χ0n) is 15.6. The molecule has 1 saturated heterocycles. The highest BCUT2D eigenvalue weighted by Gasteiger charge is 2.36. The number of fused-ring (bicyclic) bond motifs is 1. The van der Waals surface area contributed by atoms with Gasteiger partial charge in [0.1, 0.15) is 0 Å². The first-order chi connectivity index (χ1) is 12.6. The third-order valence-corrected chi connectivity index (χ3v) is 5.61. The number of hydrogen-bond acceptors (Lipinski definition) is 4. The lowest BCUT2D eigenvalue weighted by atomic mass is 9.96. The highest BCUT2D eigenvalue weighted by Crippen LogP contribution is 2.28. The number of carbonyl (C=O) groups is 1. The Morgan fingerprint density at radius 3 is 2.69 bits per heavy atom. The van der Waals surface area contributed by atoms with Gasteiger partial charge in [-0.2, -0.15) is 0 Å². The van der Waals surface area contributed by atoms with Crippen LogP contribution in [0.4, 0.5) is 0 Å². The molecule has 1 amide bonds. The predicted molar refractivity (Wildman–Crippen MR) is 102 cm³/mol. The maximum Gasteiger partial charge on any atom is 0.254 e. The van der Waals surface area contributed by atoms with Crippen LogP contribution >= 0.6 is 0 Å². The van der Waals surface area contributed by atoms with Gasteiger partial charge in [0.2, 0.25) is 0 Å². The summed E-state index contributed by atoms with van der Waals surface area (Å²) in [4.78, 5) is 17.2. The van der Waals surface area contributed by atoms with Crippen molar-refractivity contribution in [3.63, 3.8) is 0 Å². The number of hydrogen-bond donors (Lipinski definition) is 2. The van der Waals surface area contributed by atoms with E-state index < -0.39 is 0 Å². The summed E-state index contributed by atoms with van der Waals surface area (Å²) in [6.45, 7) is 5.78. The van der Waals surface area contributed by atoms with E-state index in [9.17, 15) is 15.0 Å². The number of carbonyl (C=O) groups excluding carboxylic acids is 1. The summed E-state index contributed by atoms with van der Waals surface area (Å²) in [6.07, 6.45) is 1.97. The van der Waals surface area contributed by atoms with Crippen molar-refractivity contribution in [3.8, 4) is 0 Å². The average Bonchev–Trinajstić information content (AvgIpc) is 3.24. The van der Waals surface area contributed by atoms with Crippen molar-refractivity contribution in [3.05, 3.63) is 36.0 Å². The molecule has 1 aliphatic heterocycles. The van der Waals surface area contributed by atoms with E-state index in [1.54, 1.807) is 0 Å². The highest BCUT2D eigenvalue weighted by atomic mass is 16.3. The topological polar surface area (TPSA) is 68.9 Å². The summed E-state index contributed by atoms with van der Waals surface area (Å²) in [7, 11) is 1.98. The van der Waals surface area contributed by atoms with Gasteiger partial charge in [0, 0.05) is 68.4 Å². The molecule has 142 valence electrons. The van der Waals surface area contributed by atoms with E-state index in [2.05, 4.69) is 11.8 Å². The number of aliphatic hydroxyl groups excluding tert-OH is 2. The molecule has 2 N–H and O–H groups in total. The number of likely N-dealkylation sites (N-methyl/N-ethyl adjacent to an activating group) is 1. The minimum atomic E-state index is 0.0351. The molecule has 0 saturated carbocycles. The molecule has 1 aromatic heterocycles. The maximum absolute atomic E-state index is 13.1. The molecule has 0 bridgehead atoms. The Kier molecular flexibility index (Phi) is 5.96. The first kappa shape index (κ1) is 18.9. The molecule has 1 aromatic carbocycles. The van der Waals surface area contributed by atoms with E-state index in [1.807, 2.05) is 47.0 Å². The summed E-state index contributed by atoms with van der Waals surface area (Å²) in [5.74, 6) is 0.347. The van der Waals surface area contributed by atoms with E-state index in [-0.39, 0.29) is 31.0 Å². The fourth-order valence-corrected chi connectivity index (χ4v) is 4.03. The van der Waals surface area contributed by atoms with Gasteiger partial charge < -0.3 is 24.6 Å². The van der Waals surface area contributed by atoms with Gasteiger partial charge in [0.05, 0.1) is 6.61 Å². The Hall–Kier alpha value is -1.89. The first-order valence-corrected chi connectivity index (χ1v) is 9.36. The number of nitrogens with zero attached hydrogens (tertiary/aromatic N) is 3. The smallest absolute Gasteiger partial charge is 0.254 e. The quantitative estimate of drug-likeness (QED) is 0.779. The van der Waals surface area contributed by atoms with E-state index >= 15 is 0 Å². The van der Waals surface area contributed by atoms with Crippen LogP contribution in [-0.4, -0.2) is 76.4 Å². The Labute approximate surface area is 154 Å². The summed E-state index contributed by atoms with van der Waals surface area (Å²) < 4.78 is 2.02. The molecule has 1 fully saturated rings. The molecule has 2 aromatic rings. The van der Waals surface area contributed by atoms with Crippen LogP contribution in [0.25, 0.3) is 10.9 Å². The van der Waals surface area contributed by atoms with Crippen molar-refractivity contribution >= 4 is 16.8 Å². The van der Waals surface area contributed by atoms with E-state index in [4.69, 9.17) is 0 Å². The largest absolute Gasteiger partial charge is 0.396 e. The van der Waals surface area contributed by atoms with Crippen molar-refractivity contribution in [1.82, 2.24) is 14.4 Å². The van der Waals surface area contributed by atoms with Crippen molar-refractivity contribution in [2.24, 2.45) is 18.9 Å². The molecule has 3 rings (SSSR count). The van der Waals surface area contributed by atoms with Crippen LogP contribution in [0.5, 0.6) is 0 Å². The van der Waals surface area contributed by atoms with Gasteiger partial charge in [-0.1, -0.05) is 13.0 Å². The van der Waals surface area contributed by atoms with Crippen molar-refractivity contribution in [2.75, 3.05) is 45.9 Å². The van der Waals surface area contributed by atoms with Crippen molar-refractivity contribution < 1.29 is 15.0 Å². The Balaban J connectivity index is 1.77. The molecule has 6 heteroatoms. The molecular weight excluding hydrogens is 330 g/mol. The third-order valence-electron chi connectivity index (χ3n) is 5.61. The number of amides is 1. The fraction of sp³-hybridized carbons (Fsp3) is 0.550. The van der Waals surface area contributed by atoms with Crippen molar-refractivity contribution in [2.45, 2.75) is 6.92 Å². The van der Waals surface area contributed by atoms with Crippen LogP contribution in [0.15, 0.2) is 30.5 Å². The molecule has 0 aliphatic carbocycles. The van der Waals surface area contributed by atoms with Gasteiger partial charge in [-0.05, 0) is 30.7 Å². The van der Waals surface area contributed by atoms with Gasteiger partial charge in [-0.25, -0.2) is 0 Å². The zero-order valence-corrected chi connectivity index (χ0v) is 15.6. The van der Waals surface area contributed by atoms with E-state index in [1.165, 1.54) is 0 Å². The summed E-state index contributed by atoms with van der Waals surface area (Å²) in [5.41, 5.74) is 1.77. The molecule has 2 unspecified atom stereocenters. The van der Waals surface area contributed by atoms with Gasteiger partial charge in [-0.3, -0.25) is 4.79 Å². The Morgan fingerprint density at radius 1 is 1.23 bits per heavy atom. The number of aryl methyl sites for hydroxylation is 1. The fourth-order valence-electron chi connectivity index (χ4n) is 4.03. The second-order valence-corrected chi connectivity index (χ2v) is 7.19. The molecule has 0 radical (unpaired) electrons. The van der Waals surface area contributed by atoms with Gasteiger partial charge >= 0.3 is 0 Å². The molecular formula is C20H29N3O3. The number of benzene rings is 1. The van der Waals surface area contributed by atoms with Gasteiger partial charge in [-0.15, -0.1) is 0 Å². The van der Waals surface area contributed by atoms with Crippen LogP contribution in [0.1, 0.15) is 17.3 Å². The lowest BCUT2D eigenvalue weighted by molar-refractivity contribution is 0.0780. The van der Waals surface area contributed by atoms with Gasteiger partial charge in [0.25, 0.3) is 5.91 Å². The van der Waals surface area contributed by atoms with Crippen LogP contribution in [0, 0.1) is 11.8 Å². The van der Waals surface area contributed by atoms with Gasteiger partial charge in [0.15, 0.2) is 0 Å². The van der Waals surface area contributed by atoms with Crippen LogP contribution in [-0.2, 0) is 7.05 Å². The van der Waals surface area contributed by atoms with Crippen LogP contribution < -0.4 is 0 Å². The summed E-state index contributed by atoms with van der Waals surface area (Å²) >= 11 is 0. The second kappa shape index (κ2) is 8.20. The average molecular weight is 359 g/mol. The second-order valence-electron chi connectivity index (χ2n) is 7.19. The number of likely N-dealkylation sites (tertiary alicyclic amines) is 1. The highest BCUT2D eigenvalue weighted by molar-refractivity contribution is 6.06. The normalized spacial score (nSPS) is 20.4. The van der Waals surface area contributed by atoms with Crippen LogP contribution in [0.2, 0.25) is 0 Å². The molecule has 2 atom stereocenters. The molecule has 1 aliphatic rings. The van der Waals surface area contributed by atoms with Crippen molar-refractivity contribution in [1.29, 1.82) is 0 Å². The molecule has 0 spiro atoms. The third kappa shape index (κ3) is 3.63. The first-order valence-electron chi connectivity index (χ1n) is 9.36.